The number of rotatable bonds is 6. The Bertz CT molecular complexity index is 208. The molecule has 1 saturated heterocycles. The van der Waals surface area contributed by atoms with Crippen molar-refractivity contribution in [3.05, 3.63) is 0 Å². The molecule has 4 heteroatoms. The number of carboxylic acids is 1. The normalized spacial score (nSPS) is 24.3. The number of likely N-dealkylation sites (tertiary alicyclic amines) is 1. The summed E-state index contributed by atoms with van der Waals surface area (Å²) in [5.41, 5.74) is 0. The lowest BCUT2D eigenvalue weighted by atomic mass is 10.1. The Morgan fingerprint density at radius 1 is 1.60 bits per heavy atom. The number of ether oxygens (including phenoxy) is 1. The van der Waals surface area contributed by atoms with Crippen LogP contribution in [0.15, 0.2) is 0 Å². The molecule has 0 aromatic heterocycles. The zero-order valence-electron chi connectivity index (χ0n) is 9.61. The van der Waals surface area contributed by atoms with Crippen molar-refractivity contribution >= 4 is 5.97 Å². The van der Waals surface area contributed by atoms with Gasteiger partial charge in [0.25, 0.3) is 0 Å². The van der Waals surface area contributed by atoms with Gasteiger partial charge in [0.2, 0.25) is 0 Å². The van der Waals surface area contributed by atoms with Crippen LogP contribution in [0.25, 0.3) is 0 Å². The van der Waals surface area contributed by atoms with E-state index in [0.29, 0.717) is 12.3 Å². The summed E-state index contributed by atoms with van der Waals surface area (Å²) in [4.78, 5) is 13.0. The second kappa shape index (κ2) is 6.08. The number of carboxylic acid groups (broad SMARTS) is 1. The fraction of sp³-hybridized carbons (Fsp3) is 0.909. The lowest BCUT2D eigenvalue weighted by Crippen LogP contribution is -2.39. The Hall–Kier alpha value is -0.610. The van der Waals surface area contributed by atoms with E-state index in [0.717, 1.165) is 32.7 Å². The molecule has 0 amide bonds. The van der Waals surface area contributed by atoms with Gasteiger partial charge in [-0.1, -0.05) is 6.92 Å². The first-order valence-electron chi connectivity index (χ1n) is 5.73. The zero-order valence-corrected chi connectivity index (χ0v) is 9.61. The largest absolute Gasteiger partial charge is 0.480 e. The number of hydrogen-bond acceptors (Lipinski definition) is 3. The van der Waals surface area contributed by atoms with Crippen molar-refractivity contribution in [2.75, 3.05) is 26.3 Å². The first-order valence-corrected chi connectivity index (χ1v) is 5.73. The minimum Gasteiger partial charge on any atom is -0.480 e. The number of aliphatic carboxylic acids is 1. The molecule has 1 heterocycles. The van der Waals surface area contributed by atoms with Crippen molar-refractivity contribution < 1.29 is 14.6 Å². The molecule has 0 aromatic carbocycles. The summed E-state index contributed by atoms with van der Waals surface area (Å²) in [5, 5.41) is 9.02. The van der Waals surface area contributed by atoms with E-state index in [1.807, 2.05) is 13.8 Å². The van der Waals surface area contributed by atoms with Crippen LogP contribution in [-0.2, 0) is 9.53 Å². The van der Waals surface area contributed by atoms with E-state index in [1.54, 1.807) is 0 Å². The molecule has 0 unspecified atom stereocenters. The van der Waals surface area contributed by atoms with Crippen molar-refractivity contribution in [1.29, 1.82) is 0 Å². The molecule has 0 aliphatic carbocycles. The lowest BCUT2D eigenvalue weighted by molar-refractivity contribution is -0.143. The van der Waals surface area contributed by atoms with Crippen molar-refractivity contribution in [3.63, 3.8) is 0 Å². The van der Waals surface area contributed by atoms with E-state index in [-0.39, 0.29) is 6.04 Å². The van der Waals surface area contributed by atoms with Crippen LogP contribution in [0.2, 0.25) is 0 Å². The van der Waals surface area contributed by atoms with E-state index in [9.17, 15) is 4.79 Å². The third-order valence-corrected chi connectivity index (χ3v) is 2.99. The van der Waals surface area contributed by atoms with E-state index in [1.165, 1.54) is 0 Å². The molecule has 4 nitrogen and oxygen atoms in total. The molecule has 1 rings (SSSR count). The fourth-order valence-corrected chi connectivity index (χ4v) is 2.16. The van der Waals surface area contributed by atoms with E-state index in [4.69, 9.17) is 9.84 Å². The quantitative estimate of drug-likeness (QED) is 0.723. The highest BCUT2D eigenvalue weighted by molar-refractivity contribution is 5.73. The lowest BCUT2D eigenvalue weighted by Gasteiger charge is -2.22. The molecular formula is C11H21NO3. The van der Waals surface area contributed by atoms with Crippen LogP contribution in [-0.4, -0.2) is 48.3 Å². The standard InChI is InChI=1S/C11H21NO3/c1-3-10(11(13)14)12-6-5-9(7-12)8-15-4-2/h9-10H,3-8H2,1-2H3,(H,13,14)/t9-,10+/m0/s1. The SMILES string of the molecule is CCOC[C@H]1CCN([C@H](CC)C(=O)O)C1. The molecule has 15 heavy (non-hydrogen) atoms. The molecule has 1 aliphatic heterocycles. The summed E-state index contributed by atoms with van der Waals surface area (Å²) in [6.45, 7) is 7.18. The summed E-state index contributed by atoms with van der Waals surface area (Å²) in [6.07, 6.45) is 1.74. The van der Waals surface area contributed by atoms with Gasteiger partial charge in [0.15, 0.2) is 0 Å². The topological polar surface area (TPSA) is 49.8 Å². The van der Waals surface area contributed by atoms with Crippen LogP contribution in [0.4, 0.5) is 0 Å². The monoisotopic (exact) mass is 215 g/mol. The van der Waals surface area contributed by atoms with Crippen LogP contribution >= 0.6 is 0 Å². The highest BCUT2D eigenvalue weighted by atomic mass is 16.5. The Morgan fingerprint density at radius 2 is 2.33 bits per heavy atom. The molecule has 0 aromatic rings. The highest BCUT2D eigenvalue weighted by Crippen LogP contribution is 2.20. The zero-order chi connectivity index (χ0) is 11.3. The average Bonchev–Trinajstić information content (AvgIpc) is 2.64. The van der Waals surface area contributed by atoms with E-state index in [2.05, 4.69) is 4.90 Å². The minimum atomic E-state index is -0.699. The van der Waals surface area contributed by atoms with Gasteiger partial charge in [0, 0.05) is 13.2 Å². The van der Waals surface area contributed by atoms with Crippen molar-refractivity contribution in [3.8, 4) is 0 Å². The molecule has 1 aliphatic rings. The molecule has 0 radical (unpaired) electrons. The maximum absolute atomic E-state index is 11.0. The molecule has 1 N–H and O–H groups in total. The average molecular weight is 215 g/mol. The molecule has 2 atom stereocenters. The second-order valence-corrected chi connectivity index (χ2v) is 4.07. The smallest absolute Gasteiger partial charge is 0.320 e. The Labute approximate surface area is 91.2 Å². The number of carbonyl (C=O) groups is 1. The predicted octanol–water partition coefficient (Wildman–Crippen LogP) is 1.21. The van der Waals surface area contributed by atoms with Gasteiger partial charge in [-0.05, 0) is 32.2 Å². The molecule has 0 spiro atoms. The summed E-state index contributed by atoms with van der Waals surface area (Å²) in [5.74, 6) is -0.187. The first kappa shape index (κ1) is 12.5. The fourth-order valence-electron chi connectivity index (χ4n) is 2.16. The summed E-state index contributed by atoms with van der Waals surface area (Å²) in [7, 11) is 0. The molecule has 1 fully saturated rings. The van der Waals surface area contributed by atoms with Crippen LogP contribution in [0, 0.1) is 5.92 Å². The Kier molecular flexibility index (Phi) is 5.05. The Balaban J connectivity index is 2.37. The van der Waals surface area contributed by atoms with Gasteiger partial charge in [0.05, 0.1) is 6.61 Å². The van der Waals surface area contributed by atoms with Crippen LogP contribution < -0.4 is 0 Å². The van der Waals surface area contributed by atoms with Gasteiger partial charge in [0.1, 0.15) is 6.04 Å². The third kappa shape index (κ3) is 3.47. The summed E-state index contributed by atoms with van der Waals surface area (Å²) >= 11 is 0. The van der Waals surface area contributed by atoms with Crippen LogP contribution in [0.3, 0.4) is 0 Å². The van der Waals surface area contributed by atoms with E-state index >= 15 is 0 Å². The molecule has 0 bridgehead atoms. The van der Waals surface area contributed by atoms with Crippen LogP contribution in [0.5, 0.6) is 0 Å². The van der Waals surface area contributed by atoms with Gasteiger partial charge in [-0.15, -0.1) is 0 Å². The van der Waals surface area contributed by atoms with Crippen LogP contribution in [0.1, 0.15) is 26.7 Å². The molecule has 88 valence electrons. The molecular weight excluding hydrogens is 194 g/mol. The van der Waals surface area contributed by atoms with Crippen molar-refractivity contribution in [2.24, 2.45) is 5.92 Å². The minimum absolute atomic E-state index is 0.309. The second-order valence-electron chi connectivity index (χ2n) is 4.07. The summed E-state index contributed by atoms with van der Waals surface area (Å²) in [6, 6.07) is -0.309. The third-order valence-electron chi connectivity index (χ3n) is 2.99. The number of nitrogens with zero attached hydrogens (tertiary/aromatic N) is 1. The first-order chi connectivity index (χ1) is 7.19. The van der Waals surface area contributed by atoms with Gasteiger partial charge in [-0.3, -0.25) is 9.69 Å². The van der Waals surface area contributed by atoms with Gasteiger partial charge in [-0.25, -0.2) is 0 Å². The molecule has 0 saturated carbocycles. The van der Waals surface area contributed by atoms with E-state index < -0.39 is 5.97 Å². The van der Waals surface area contributed by atoms with Crippen molar-refractivity contribution in [2.45, 2.75) is 32.7 Å². The Morgan fingerprint density at radius 3 is 2.87 bits per heavy atom. The maximum Gasteiger partial charge on any atom is 0.320 e. The van der Waals surface area contributed by atoms with Gasteiger partial charge >= 0.3 is 5.97 Å². The van der Waals surface area contributed by atoms with Gasteiger partial charge < -0.3 is 9.84 Å². The van der Waals surface area contributed by atoms with Gasteiger partial charge in [-0.2, -0.15) is 0 Å². The highest BCUT2D eigenvalue weighted by Gasteiger charge is 2.30. The predicted molar refractivity (Wildman–Crippen MR) is 57.9 cm³/mol. The number of hydrogen-bond donors (Lipinski definition) is 1. The van der Waals surface area contributed by atoms with Crippen molar-refractivity contribution in [1.82, 2.24) is 4.90 Å². The summed E-state index contributed by atoms with van der Waals surface area (Å²) < 4.78 is 5.37. The maximum atomic E-state index is 11.0.